The van der Waals surface area contributed by atoms with Crippen LogP contribution in [0.5, 0.6) is 0 Å². The maximum Gasteiger partial charge on any atom is 0.335 e. The average molecular weight is 298 g/mol. The van der Waals surface area contributed by atoms with Crippen LogP contribution in [0.4, 0.5) is 5.82 Å². The van der Waals surface area contributed by atoms with Crippen molar-refractivity contribution < 1.29 is 19.8 Å². The van der Waals surface area contributed by atoms with E-state index in [4.69, 9.17) is 15.9 Å². The zero-order chi connectivity index (χ0) is 16.1. The Morgan fingerprint density at radius 2 is 1.45 bits per heavy atom. The number of benzene rings is 2. The van der Waals surface area contributed by atoms with Crippen molar-refractivity contribution in [3.63, 3.8) is 0 Å². The van der Waals surface area contributed by atoms with Gasteiger partial charge in [-0.3, -0.25) is 0 Å². The predicted molar refractivity (Wildman–Crippen MR) is 83.1 cm³/mol. The van der Waals surface area contributed by atoms with Gasteiger partial charge in [0, 0.05) is 10.9 Å². The zero-order valence-electron chi connectivity index (χ0n) is 11.5. The molecule has 0 atom stereocenters. The molecule has 0 amide bonds. The summed E-state index contributed by atoms with van der Waals surface area (Å²) in [5.74, 6) is -1.53. The fraction of sp³-hybridized carbons (Fsp3) is 0. The number of anilines is 1. The third-order valence-electron chi connectivity index (χ3n) is 2.91. The molecule has 3 rings (SSSR count). The van der Waals surface area contributed by atoms with Gasteiger partial charge < -0.3 is 20.9 Å². The summed E-state index contributed by atoms with van der Waals surface area (Å²) >= 11 is 0. The lowest BCUT2D eigenvalue weighted by atomic mass is 10.1. The molecule has 0 bridgehead atoms. The molecule has 0 spiro atoms. The third kappa shape index (κ3) is 3.63. The predicted octanol–water partition coefficient (Wildman–Crippen LogP) is 2.83. The molecular formula is C16H14N2O4. The number of rotatable bonds is 2. The summed E-state index contributed by atoms with van der Waals surface area (Å²) in [5, 5.41) is 18.2. The molecule has 22 heavy (non-hydrogen) atoms. The van der Waals surface area contributed by atoms with Crippen LogP contribution >= 0.6 is 0 Å². The average Bonchev–Trinajstić information content (AvgIpc) is 2.88. The molecule has 0 saturated carbocycles. The minimum absolute atomic E-state index is 0.0186. The van der Waals surface area contributed by atoms with Gasteiger partial charge in [-0.1, -0.05) is 24.3 Å². The second-order valence-corrected chi connectivity index (χ2v) is 4.50. The third-order valence-corrected chi connectivity index (χ3v) is 2.91. The first kappa shape index (κ1) is 15.1. The molecule has 112 valence electrons. The summed E-state index contributed by atoms with van der Waals surface area (Å²) < 4.78 is 0. The largest absolute Gasteiger partial charge is 0.478 e. The van der Waals surface area contributed by atoms with Gasteiger partial charge in [-0.25, -0.2) is 9.59 Å². The highest BCUT2D eigenvalue weighted by Crippen LogP contribution is 2.14. The zero-order valence-corrected chi connectivity index (χ0v) is 11.5. The molecule has 0 saturated heterocycles. The fourth-order valence-electron chi connectivity index (χ4n) is 1.88. The first-order chi connectivity index (χ1) is 10.5. The number of H-pyrrole nitrogens is 1. The molecule has 0 fully saturated rings. The molecule has 3 aromatic rings. The van der Waals surface area contributed by atoms with Gasteiger partial charge in [-0.15, -0.1) is 0 Å². The number of carbonyl (C=O) groups is 2. The number of carboxylic acids is 2. The Labute approximate surface area is 125 Å². The maximum atomic E-state index is 10.4. The number of aromatic nitrogens is 1. The summed E-state index contributed by atoms with van der Waals surface area (Å²) in [7, 11) is 0. The maximum absolute atomic E-state index is 10.4. The molecule has 0 radical (unpaired) electrons. The number of para-hydroxylation sites is 1. The number of aromatic amines is 1. The molecule has 0 unspecified atom stereocenters. The lowest BCUT2D eigenvalue weighted by molar-refractivity contribution is 0.0696. The Morgan fingerprint density at radius 3 is 2.00 bits per heavy atom. The van der Waals surface area contributed by atoms with Gasteiger partial charge >= 0.3 is 11.9 Å². The van der Waals surface area contributed by atoms with Crippen LogP contribution in [0, 0.1) is 0 Å². The highest BCUT2D eigenvalue weighted by atomic mass is 16.4. The van der Waals surface area contributed by atoms with Gasteiger partial charge in [-0.2, -0.15) is 0 Å². The normalized spacial score (nSPS) is 9.82. The van der Waals surface area contributed by atoms with E-state index < -0.39 is 11.9 Å². The van der Waals surface area contributed by atoms with E-state index in [1.807, 2.05) is 30.3 Å². The molecule has 0 aliphatic rings. The van der Waals surface area contributed by atoms with Crippen molar-refractivity contribution in [1.29, 1.82) is 0 Å². The number of carboxylic acid groups (broad SMARTS) is 2. The van der Waals surface area contributed by atoms with Gasteiger partial charge in [0.1, 0.15) is 5.82 Å². The van der Waals surface area contributed by atoms with Gasteiger partial charge in [-0.05, 0) is 30.3 Å². The van der Waals surface area contributed by atoms with E-state index in [-0.39, 0.29) is 11.1 Å². The molecule has 1 aromatic heterocycles. The van der Waals surface area contributed by atoms with Crippen LogP contribution in [0.15, 0.2) is 54.6 Å². The van der Waals surface area contributed by atoms with Crippen molar-refractivity contribution in [3.05, 3.63) is 65.7 Å². The lowest BCUT2D eigenvalue weighted by Crippen LogP contribution is -2.01. The first-order valence-corrected chi connectivity index (χ1v) is 6.37. The van der Waals surface area contributed by atoms with Gasteiger partial charge in [0.2, 0.25) is 0 Å². The van der Waals surface area contributed by atoms with Crippen LogP contribution in [0.3, 0.4) is 0 Å². The lowest BCUT2D eigenvalue weighted by Gasteiger charge is -1.95. The van der Waals surface area contributed by atoms with Crippen LogP contribution in [0.2, 0.25) is 0 Å². The van der Waals surface area contributed by atoms with Crippen molar-refractivity contribution in [3.8, 4) is 0 Å². The molecule has 0 aliphatic heterocycles. The number of nitrogens with two attached hydrogens (primary N) is 1. The number of hydrogen-bond acceptors (Lipinski definition) is 3. The monoisotopic (exact) mass is 298 g/mol. The smallest absolute Gasteiger partial charge is 0.335 e. The first-order valence-electron chi connectivity index (χ1n) is 6.37. The SMILES string of the molecule is Nc1cc2ccccc2[nH]1.O=C(O)c1cccc(C(=O)O)c1. The summed E-state index contributed by atoms with van der Waals surface area (Å²) in [4.78, 5) is 23.8. The van der Waals surface area contributed by atoms with Crippen molar-refractivity contribution in [2.75, 3.05) is 5.73 Å². The number of nitrogens with one attached hydrogen (secondary N) is 1. The van der Waals surface area contributed by atoms with Crippen molar-refractivity contribution in [1.82, 2.24) is 4.98 Å². The summed E-state index contributed by atoms with van der Waals surface area (Å²) in [6, 6.07) is 15.1. The minimum atomic E-state index is -1.13. The van der Waals surface area contributed by atoms with E-state index in [0.717, 1.165) is 17.4 Å². The Kier molecular flexibility index (Phi) is 4.43. The number of fused-ring (bicyclic) bond motifs is 1. The molecule has 2 aromatic carbocycles. The van der Waals surface area contributed by atoms with Gasteiger partial charge in [0.25, 0.3) is 0 Å². The Balaban J connectivity index is 0.000000162. The second kappa shape index (κ2) is 6.45. The van der Waals surface area contributed by atoms with E-state index in [9.17, 15) is 9.59 Å². The van der Waals surface area contributed by atoms with Gasteiger partial charge in [0.15, 0.2) is 0 Å². The van der Waals surface area contributed by atoms with Crippen molar-refractivity contribution in [2.45, 2.75) is 0 Å². The molecular weight excluding hydrogens is 284 g/mol. The van der Waals surface area contributed by atoms with Crippen molar-refractivity contribution >= 4 is 28.7 Å². The Morgan fingerprint density at radius 1 is 0.864 bits per heavy atom. The van der Waals surface area contributed by atoms with Crippen LogP contribution < -0.4 is 5.73 Å². The van der Waals surface area contributed by atoms with E-state index in [1.54, 1.807) is 0 Å². The van der Waals surface area contributed by atoms with E-state index in [2.05, 4.69) is 4.98 Å². The molecule has 6 heteroatoms. The number of hydrogen-bond donors (Lipinski definition) is 4. The highest BCUT2D eigenvalue weighted by molar-refractivity contribution is 5.93. The molecule has 5 N–H and O–H groups in total. The van der Waals surface area contributed by atoms with E-state index in [1.165, 1.54) is 23.6 Å². The summed E-state index contributed by atoms with van der Waals surface area (Å²) in [6.45, 7) is 0. The quantitative estimate of drug-likeness (QED) is 0.580. The summed E-state index contributed by atoms with van der Waals surface area (Å²) in [6.07, 6.45) is 0. The topological polar surface area (TPSA) is 116 Å². The molecule has 1 heterocycles. The van der Waals surface area contributed by atoms with E-state index in [0.29, 0.717) is 0 Å². The fourth-order valence-corrected chi connectivity index (χ4v) is 1.88. The van der Waals surface area contributed by atoms with E-state index >= 15 is 0 Å². The van der Waals surface area contributed by atoms with Gasteiger partial charge in [0.05, 0.1) is 11.1 Å². The minimum Gasteiger partial charge on any atom is -0.478 e. The molecule has 6 nitrogen and oxygen atoms in total. The van der Waals surface area contributed by atoms with Crippen LogP contribution in [0.25, 0.3) is 10.9 Å². The highest BCUT2D eigenvalue weighted by Gasteiger charge is 2.06. The van der Waals surface area contributed by atoms with Crippen molar-refractivity contribution in [2.24, 2.45) is 0 Å². The van der Waals surface area contributed by atoms with Crippen LogP contribution in [-0.4, -0.2) is 27.1 Å². The Hall–Kier alpha value is -3.28. The van der Waals surface area contributed by atoms with Crippen LogP contribution in [0.1, 0.15) is 20.7 Å². The summed E-state index contributed by atoms with van der Waals surface area (Å²) in [5.41, 5.74) is 6.60. The number of nitrogen functional groups attached to an aromatic ring is 1. The Bertz CT molecular complexity index is 761. The van der Waals surface area contributed by atoms with Crippen LogP contribution in [-0.2, 0) is 0 Å². The standard InChI is InChI=1S/C8H8N2.C8H6O4/c9-8-5-6-3-1-2-4-7(6)10-8;9-7(10)5-2-1-3-6(4-5)8(11)12/h1-5,10H,9H2;1-4H,(H,9,10)(H,11,12). The second-order valence-electron chi connectivity index (χ2n) is 4.50. The molecule has 0 aliphatic carbocycles. The number of aromatic carboxylic acids is 2.